The Balaban J connectivity index is 2.22. The van der Waals surface area contributed by atoms with Crippen molar-refractivity contribution in [2.75, 3.05) is 6.61 Å². The molecule has 0 aliphatic carbocycles. The highest BCUT2D eigenvalue weighted by molar-refractivity contribution is 5.71. The number of cyclic esters (lactones) is 1. The summed E-state index contributed by atoms with van der Waals surface area (Å²) in [5.74, 6) is -0.478. The van der Waals surface area contributed by atoms with E-state index in [1.807, 2.05) is 0 Å². The van der Waals surface area contributed by atoms with Crippen molar-refractivity contribution in [1.29, 1.82) is 0 Å². The minimum atomic E-state index is -0.232. The van der Waals surface area contributed by atoms with Gasteiger partial charge in [0.1, 0.15) is 5.82 Å². The van der Waals surface area contributed by atoms with E-state index in [-0.39, 0.29) is 17.7 Å². The predicted octanol–water partition coefficient (Wildman–Crippen LogP) is 2.25. The van der Waals surface area contributed by atoms with E-state index in [1.54, 1.807) is 18.2 Å². The minimum Gasteiger partial charge on any atom is -0.466 e. The molecule has 1 heterocycles. The molecule has 14 heavy (non-hydrogen) atoms. The van der Waals surface area contributed by atoms with Crippen LogP contribution in [-0.4, -0.2) is 12.6 Å². The molecule has 0 aromatic heterocycles. The first kappa shape index (κ1) is 9.19. The number of ether oxygens (including phenoxy) is 1. The number of hydrogen-bond acceptors (Lipinski definition) is 2. The van der Waals surface area contributed by atoms with Crippen LogP contribution in [-0.2, 0) is 9.53 Å². The number of carbonyl (C=O) groups excluding carboxylic acids is 1. The number of rotatable bonds is 1. The zero-order valence-electron chi connectivity index (χ0n) is 7.70. The molecular weight excluding hydrogens is 183 g/mol. The lowest BCUT2D eigenvalue weighted by Gasteiger charge is -2.21. The molecule has 1 aromatic carbocycles. The number of halogens is 1. The van der Waals surface area contributed by atoms with Crippen LogP contribution in [0.25, 0.3) is 0 Å². The van der Waals surface area contributed by atoms with Gasteiger partial charge in [-0.1, -0.05) is 18.2 Å². The predicted molar refractivity (Wildman–Crippen MR) is 49.3 cm³/mol. The van der Waals surface area contributed by atoms with Crippen LogP contribution in [0, 0.1) is 5.82 Å². The van der Waals surface area contributed by atoms with Gasteiger partial charge in [-0.15, -0.1) is 0 Å². The van der Waals surface area contributed by atoms with Crippen LogP contribution in [0.2, 0.25) is 0 Å². The lowest BCUT2D eigenvalue weighted by atomic mass is 9.91. The van der Waals surface area contributed by atoms with Gasteiger partial charge in [0, 0.05) is 5.92 Å². The zero-order chi connectivity index (χ0) is 9.97. The van der Waals surface area contributed by atoms with Crippen LogP contribution < -0.4 is 0 Å². The molecule has 2 nitrogen and oxygen atoms in total. The zero-order valence-corrected chi connectivity index (χ0v) is 7.70. The molecule has 2 rings (SSSR count). The SMILES string of the molecule is O=C1C[C@@H](c2ccccc2F)CCO1. The molecule has 1 aromatic rings. The summed E-state index contributed by atoms with van der Waals surface area (Å²) < 4.78 is 18.2. The summed E-state index contributed by atoms with van der Waals surface area (Å²) >= 11 is 0. The van der Waals surface area contributed by atoms with Crippen molar-refractivity contribution >= 4 is 5.97 Å². The Morgan fingerprint density at radius 1 is 1.36 bits per heavy atom. The highest BCUT2D eigenvalue weighted by atomic mass is 19.1. The second-order valence-electron chi connectivity index (χ2n) is 3.43. The van der Waals surface area contributed by atoms with E-state index in [1.165, 1.54) is 6.07 Å². The third kappa shape index (κ3) is 1.76. The molecule has 1 atom stereocenters. The second-order valence-corrected chi connectivity index (χ2v) is 3.43. The van der Waals surface area contributed by atoms with E-state index in [4.69, 9.17) is 4.74 Å². The molecule has 1 saturated heterocycles. The van der Waals surface area contributed by atoms with Gasteiger partial charge in [-0.3, -0.25) is 4.79 Å². The summed E-state index contributed by atoms with van der Waals surface area (Å²) in [5, 5.41) is 0. The average molecular weight is 194 g/mol. The quantitative estimate of drug-likeness (QED) is 0.641. The van der Waals surface area contributed by atoms with Crippen molar-refractivity contribution in [2.24, 2.45) is 0 Å². The summed E-state index contributed by atoms with van der Waals surface area (Å²) in [5.41, 5.74) is 0.629. The van der Waals surface area contributed by atoms with Crippen LogP contribution in [0.3, 0.4) is 0 Å². The molecule has 0 unspecified atom stereocenters. The summed E-state index contributed by atoms with van der Waals surface area (Å²) in [4.78, 5) is 11.0. The summed E-state index contributed by atoms with van der Waals surface area (Å²) in [6, 6.07) is 6.60. The number of hydrogen-bond donors (Lipinski definition) is 0. The van der Waals surface area contributed by atoms with Gasteiger partial charge >= 0.3 is 5.97 Å². The molecule has 0 radical (unpaired) electrons. The van der Waals surface area contributed by atoms with Gasteiger partial charge in [-0.2, -0.15) is 0 Å². The molecule has 3 heteroatoms. The average Bonchev–Trinajstić information content (AvgIpc) is 2.18. The maximum Gasteiger partial charge on any atom is 0.306 e. The maximum absolute atomic E-state index is 13.3. The van der Waals surface area contributed by atoms with Crippen molar-refractivity contribution in [2.45, 2.75) is 18.8 Å². The van der Waals surface area contributed by atoms with E-state index < -0.39 is 0 Å². The maximum atomic E-state index is 13.3. The first-order chi connectivity index (χ1) is 6.77. The highest BCUT2D eigenvalue weighted by Gasteiger charge is 2.23. The summed E-state index contributed by atoms with van der Waals surface area (Å²) in [6.07, 6.45) is 1.01. The Morgan fingerprint density at radius 3 is 2.86 bits per heavy atom. The lowest BCUT2D eigenvalue weighted by Crippen LogP contribution is -2.20. The van der Waals surface area contributed by atoms with Gasteiger partial charge in [-0.05, 0) is 18.1 Å². The lowest BCUT2D eigenvalue weighted by molar-refractivity contribution is -0.147. The van der Waals surface area contributed by atoms with E-state index in [2.05, 4.69) is 0 Å². The van der Waals surface area contributed by atoms with Crippen LogP contribution >= 0.6 is 0 Å². The summed E-state index contributed by atoms with van der Waals surface area (Å²) in [6.45, 7) is 0.401. The Kier molecular flexibility index (Phi) is 2.48. The van der Waals surface area contributed by atoms with Gasteiger partial charge in [0.2, 0.25) is 0 Å². The van der Waals surface area contributed by atoms with Gasteiger partial charge in [0.15, 0.2) is 0 Å². The number of benzene rings is 1. The third-order valence-corrected chi connectivity index (χ3v) is 2.49. The molecule has 0 amide bonds. The first-order valence-electron chi connectivity index (χ1n) is 4.67. The standard InChI is InChI=1S/C11H11FO2/c12-10-4-2-1-3-9(10)8-5-6-14-11(13)7-8/h1-4,8H,5-7H2/t8-/m0/s1. The topological polar surface area (TPSA) is 26.3 Å². The summed E-state index contributed by atoms with van der Waals surface area (Å²) in [7, 11) is 0. The molecule has 74 valence electrons. The van der Waals surface area contributed by atoms with Crippen molar-refractivity contribution in [3.05, 3.63) is 35.6 Å². The smallest absolute Gasteiger partial charge is 0.306 e. The van der Waals surface area contributed by atoms with Crippen molar-refractivity contribution < 1.29 is 13.9 Å². The van der Waals surface area contributed by atoms with Crippen LogP contribution in [0.15, 0.2) is 24.3 Å². The fourth-order valence-corrected chi connectivity index (χ4v) is 1.75. The van der Waals surface area contributed by atoms with Crippen LogP contribution in [0.1, 0.15) is 24.3 Å². The highest BCUT2D eigenvalue weighted by Crippen LogP contribution is 2.28. The molecule has 0 spiro atoms. The minimum absolute atomic E-state index is 0.0163. The van der Waals surface area contributed by atoms with Crippen molar-refractivity contribution in [1.82, 2.24) is 0 Å². The number of carbonyl (C=O) groups is 1. The molecule has 0 saturated carbocycles. The second kappa shape index (κ2) is 3.78. The van der Waals surface area contributed by atoms with E-state index >= 15 is 0 Å². The number of esters is 1. The van der Waals surface area contributed by atoms with E-state index in [0.717, 1.165) is 0 Å². The normalized spacial score (nSPS) is 21.8. The molecule has 1 aliphatic heterocycles. The molecule has 1 aliphatic rings. The Labute approximate surface area is 81.7 Å². The fraction of sp³-hybridized carbons (Fsp3) is 0.364. The Morgan fingerprint density at radius 2 is 2.14 bits per heavy atom. The van der Waals surface area contributed by atoms with Crippen molar-refractivity contribution in [3.63, 3.8) is 0 Å². The van der Waals surface area contributed by atoms with Crippen molar-refractivity contribution in [3.8, 4) is 0 Å². The first-order valence-corrected chi connectivity index (χ1v) is 4.67. The van der Waals surface area contributed by atoms with E-state index in [9.17, 15) is 9.18 Å². The molecular formula is C11H11FO2. The monoisotopic (exact) mass is 194 g/mol. The van der Waals surface area contributed by atoms with E-state index in [0.29, 0.717) is 25.0 Å². The molecule has 0 N–H and O–H groups in total. The van der Waals surface area contributed by atoms with Crippen LogP contribution in [0.5, 0.6) is 0 Å². The molecule has 1 fully saturated rings. The Hall–Kier alpha value is -1.38. The molecule has 0 bridgehead atoms. The van der Waals surface area contributed by atoms with Crippen LogP contribution in [0.4, 0.5) is 4.39 Å². The van der Waals surface area contributed by atoms with Gasteiger partial charge in [0.25, 0.3) is 0 Å². The van der Waals surface area contributed by atoms with Gasteiger partial charge < -0.3 is 4.74 Å². The fourth-order valence-electron chi connectivity index (χ4n) is 1.75. The largest absolute Gasteiger partial charge is 0.466 e. The van der Waals surface area contributed by atoms with Gasteiger partial charge in [-0.25, -0.2) is 4.39 Å². The van der Waals surface area contributed by atoms with Gasteiger partial charge in [0.05, 0.1) is 13.0 Å². The Bertz CT molecular complexity index is 349. The third-order valence-electron chi connectivity index (χ3n) is 2.49.